The number of unbranched alkanes of at least 4 members (excludes halogenated alkanes) is 2. The topological polar surface area (TPSA) is 190 Å². The summed E-state index contributed by atoms with van der Waals surface area (Å²) in [4.78, 5) is 66.6. The molecule has 1 aromatic heterocycles. The minimum Gasteiger partial charge on any atom is -0.494 e. The number of thiazole rings is 1. The lowest BCUT2D eigenvalue weighted by Gasteiger charge is -2.37. The normalized spacial score (nSPS) is 20.0. The molecular weight excluding hydrogens is 1010 g/mol. The van der Waals surface area contributed by atoms with Crippen LogP contribution in [0.15, 0.2) is 72.2 Å². The number of likely N-dealkylation sites (tertiary alicyclic amines) is 1. The van der Waals surface area contributed by atoms with Crippen LogP contribution in [0, 0.1) is 23.7 Å². The van der Waals surface area contributed by atoms with E-state index in [2.05, 4.69) is 15.6 Å². The molecular formula is C54H65F3N8O8S2. The lowest BCUT2D eigenvalue weighted by atomic mass is 9.85. The van der Waals surface area contributed by atoms with Crippen molar-refractivity contribution < 1.29 is 51.7 Å². The molecule has 0 spiro atoms. The predicted molar refractivity (Wildman–Crippen MR) is 282 cm³/mol. The van der Waals surface area contributed by atoms with Crippen LogP contribution in [0.4, 0.5) is 24.5 Å². The number of thiocarbonyl (C=S) groups is 1. The molecule has 0 aliphatic carbocycles. The number of carbonyl (C=O) groups is 4. The molecule has 21 heteroatoms. The van der Waals surface area contributed by atoms with Crippen LogP contribution >= 0.6 is 23.6 Å². The van der Waals surface area contributed by atoms with E-state index in [1.54, 1.807) is 60.4 Å². The Hall–Kier alpha value is -6.02. The predicted octanol–water partition coefficient (Wildman–Crippen LogP) is 7.56. The number of morpholine rings is 1. The minimum absolute atomic E-state index is 0.000289. The third-order valence-corrected chi connectivity index (χ3v) is 14.9. The smallest absolute Gasteiger partial charge is 0.417 e. The maximum absolute atomic E-state index is 14.2. The summed E-state index contributed by atoms with van der Waals surface area (Å²) in [5, 5.41) is 25.9. The van der Waals surface area contributed by atoms with Gasteiger partial charge in [0.25, 0.3) is 5.91 Å². The number of hydrogen-bond acceptors (Lipinski definition) is 13. The van der Waals surface area contributed by atoms with E-state index in [1.165, 1.54) is 11.0 Å². The van der Waals surface area contributed by atoms with Gasteiger partial charge in [0.05, 0.1) is 83.6 Å². The lowest BCUT2D eigenvalue weighted by molar-refractivity contribution is -0.144. The summed E-state index contributed by atoms with van der Waals surface area (Å²) < 4.78 is 59.1. The third-order valence-electron chi connectivity index (χ3n) is 13.6. The Balaban J connectivity index is 0.813. The van der Waals surface area contributed by atoms with Crippen LogP contribution in [-0.4, -0.2) is 131 Å². The molecule has 4 amide bonds. The highest BCUT2D eigenvalue weighted by Crippen LogP contribution is 2.40. The van der Waals surface area contributed by atoms with Crippen LogP contribution in [-0.2, 0) is 34.8 Å². The number of nitriles is 1. The van der Waals surface area contributed by atoms with Gasteiger partial charge in [-0.2, -0.15) is 18.4 Å². The summed E-state index contributed by atoms with van der Waals surface area (Å²) >= 11 is 7.21. The van der Waals surface area contributed by atoms with Gasteiger partial charge >= 0.3 is 6.18 Å². The monoisotopic (exact) mass is 1070 g/mol. The van der Waals surface area contributed by atoms with Gasteiger partial charge in [0, 0.05) is 38.3 Å². The number of aliphatic hydroxyl groups excluding tert-OH is 1. The number of halogens is 3. The van der Waals surface area contributed by atoms with Crippen molar-refractivity contribution in [2.75, 3.05) is 62.4 Å². The molecule has 7 rings (SSSR count). The average molecular weight is 1080 g/mol. The number of ether oxygens (including phenoxy) is 3. The van der Waals surface area contributed by atoms with Crippen molar-refractivity contribution >= 4 is 63.7 Å². The number of hydrogen-bond donors (Lipinski definition) is 3. The maximum Gasteiger partial charge on any atom is 0.417 e. The third kappa shape index (κ3) is 13.5. The van der Waals surface area contributed by atoms with Crippen LogP contribution in [0.5, 0.6) is 5.75 Å². The number of aryl methyl sites for hydroxylation is 1. The molecule has 3 aromatic carbocycles. The fourth-order valence-electron chi connectivity index (χ4n) is 9.49. The number of aromatic nitrogens is 1. The second kappa shape index (κ2) is 23.9. The van der Waals surface area contributed by atoms with Gasteiger partial charge in [-0.05, 0) is 118 Å². The summed E-state index contributed by atoms with van der Waals surface area (Å²) in [5.41, 5.74) is 1.51. The molecule has 75 heavy (non-hydrogen) atoms. The van der Waals surface area contributed by atoms with Crippen molar-refractivity contribution in [3.8, 4) is 22.3 Å². The van der Waals surface area contributed by atoms with E-state index in [0.717, 1.165) is 58.0 Å². The van der Waals surface area contributed by atoms with Crippen LogP contribution in [0.3, 0.4) is 0 Å². The quantitative estimate of drug-likeness (QED) is 0.0617. The number of nitrogens with zero attached hydrogens (tertiary/aromatic N) is 6. The van der Waals surface area contributed by atoms with Gasteiger partial charge in [-0.25, -0.2) is 4.98 Å². The van der Waals surface area contributed by atoms with Gasteiger partial charge in [0.2, 0.25) is 17.7 Å². The fourth-order valence-corrected chi connectivity index (χ4v) is 10.8. The van der Waals surface area contributed by atoms with Crippen molar-refractivity contribution in [1.82, 2.24) is 25.4 Å². The Bertz CT molecular complexity index is 2740. The Labute approximate surface area is 445 Å². The second-order valence-corrected chi connectivity index (χ2v) is 22.0. The molecule has 0 saturated carbocycles. The number of nitrogens with one attached hydrogen (secondary N) is 2. The molecule has 0 bridgehead atoms. The van der Waals surface area contributed by atoms with Crippen LogP contribution in [0.2, 0.25) is 0 Å². The first-order valence-corrected chi connectivity index (χ1v) is 26.3. The number of rotatable bonds is 19. The SMILES string of the molecule is Cc1ncsc1-c1ccc([C@H](C)NC(=O)[C@@H]2C[C@@H](O)CN2C(=O)C(NC(=O)CN2CCOC(COCCCCCOc3ccc(N4C(=S)N(c5ccc(C#N)c(C(F)(F)F)c5)C(=O)C4(C)C)cc3)C2)C(C)(C)C)cc1. The van der Waals surface area contributed by atoms with E-state index in [1.807, 2.05) is 69.3 Å². The average Bonchev–Trinajstić information content (AvgIpc) is 4.03. The van der Waals surface area contributed by atoms with Crippen molar-refractivity contribution in [3.05, 3.63) is 94.6 Å². The Morgan fingerprint density at radius 1 is 1.00 bits per heavy atom. The molecule has 3 aliphatic heterocycles. The highest BCUT2D eigenvalue weighted by atomic mass is 32.1. The summed E-state index contributed by atoms with van der Waals surface area (Å²) in [6.07, 6.45) is -3.52. The molecule has 4 aromatic rings. The number of aliphatic hydroxyl groups is 1. The van der Waals surface area contributed by atoms with E-state index in [4.69, 9.17) is 26.4 Å². The zero-order valence-corrected chi connectivity index (χ0v) is 44.9. The summed E-state index contributed by atoms with van der Waals surface area (Å²) in [6, 6.07) is 17.2. The zero-order chi connectivity index (χ0) is 54.4. The number of anilines is 2. The summed E-state index contributed by atoms with van der Waals surface area (Å²) in [7, 11) is 0. The standard InChI is InChI=1S/C54H65F3N8O8S2/c1-33(35-11-13-36(14-12-35)46-34(2)59-32-75-46)60-48(68)44-26-40(66)28-63(44)49(69)47(52(3,4)5)61-45(67)30-62-21-24-73-42(29-62)31-71-22-9-8-10-23-72-41-19-17-38(18-20-41)65-51(74)64(50(70)53(65,6)7)39-16-15-37(27-58)43(25-39)54(55,56)57/h11-20,25,32-33,40,42,44,47,66H,8-10,21-24,26,28-31H2,1-7H3,(H,60,68)(H,61,67)/t33-,40+,42?,44-,47?/m0/s1. The van der Waals surface area contributed by atoms with Crippen molar-refractivity contribution in [2.45, 2.75) is 116 Å². The second-order valence-electron chi connectivity index (χ2n) is 20.7. The molecule has 3 fully saturated rings. The first-order chi connectivity index (χ1) is 35.5. The highest BCUT2D eigenvalue weighted by Gasteiger charge is 2.51. The lowest BCUT2D eigenvalue weighted by Crippen LogP contribution is -2.59. The summed E-state index contributed by atoms with van der Waals surface area (Å²) in [6.45, 7) is 15.3. The van der Waals surface area contributed by atoms with Crippen molar-refractivity contribution in [3.63, 3.8) is 0 Å². The van der Waals surface area contributed by atoms with Gasteiger partial charge in [-0.15, -0.1) is 11.3 Å². The molecule has 0 radical (unpaired) electrons. The molecule has 2 unspecified atom stereocenters. The van der Waals surface area contributed by atoms with Gasteiger partial charge in [-0.1, -0.05) is 45.0 Å². The van der Waals surface area contributed by atoms with Gasteiger partial charge in [-0.3, -0.25) is 29.0 Å². The largest absolute Gasteiger partial charge is 0.494 e. The zero-order valence-electron chi connectivity index (χ0n) is 43.2. The van der Waals surface area contributed by atoms with Crippen LogP contribution in [0.1, 0.15) is 95.7 Å². The van der Waals surface area contributed by atoms with E-state index >= 15 is 0 Å². The van der Waals surface area contributed by atoms with Crippen molar-refractivity contribution in [2.24, 2.45) is 5.41 Å². The Kier molecular flexibility index (Phi) is 18.1. The Morgan fingerprint density at radius 3 is 2.35 bits per heavy atom. The first kappa shape index (κ1) is 56.7. The molecule has 3 aliphatic rings. The van der Waals surface area contributed by atoms with E-state index in [0.29, 0.717) is 51.0 Å². The Morgan fingerprint density at radius 2 is 1.69 bits per heavy atom. The van der Waals surface area contributed by atoms with E-state index in [-0.39, 0.29) is 54.3 Å². The number of β-amino-alcohol motifs (C(OH)–C–C–N with tert-alkyl or cyclic N) is 1. The highest BCUT2D eigenvalue weighted by molar-refractivity contribution is 7.81. The molecule has 402 valence electrons. The van der Waals surface area contributed by atoms with Gasteiger partial charge < -0.3 is 39.8 Å². The van der Waals surface area contributed by atoms with Crippen LogP contribution < -0.4 is 25.2 Å². The number of carbonyl (C=O) groups excluding carboxylic acids is 4. The number of alkyl halides is 3. The van der Waals surface area contributed by atoms with Gasteiger partial charge in [0.15, 0.2) is 5.11 Å². The van der Waals surface area contributed by atoms with Gasteiger partial charge in [0.1, 0.15) is 23.4 Å². The number of amides is 4. The van der Waals surface area contributed by atoms with E-state index in [9.17, 15) is 42.7 Å². The minimum atomic E-state index is -4.80. The molecule has 5 atom stereocenters. The van der Waals surface area contributed by atoms with Crippen LogP contribution in [0.25, 0.3) is 10.4 Å². The molecule has 16 nitrogen and oxygen atoms in total. The first-order valence-electron chi connectivity index (χ1n) is 25.0. The fraction of sp³-hybridized carbons (Fsp3) is 0.500. The molecule has 4 heterocycles. The maximum atomic E-state index is 14.2. The summed E-state index contributed by atoms with van der Waals surface area (Å²) in [5.74, 6) is -1.08. The molecule has 3 N–H and O–H groups in total. The number of benzene rings is 3. The molecule has 3 saturated heterocycles. The van der Waals surface area contributed by atoms with Crippen molar-refractivity contribution in [1.29, 1.82) is 5.26 Å². The van der Waals surface area contributed by atoms with E-state index < -0.39 is 58.3 Å².